The number of nitrogens with two attached hydrogens (primary N) is 1. The summed E-state index contributed by atoms with van der Waals surface area (Å²) in [6.07, 6.45) is 0.855. The van der Waals surface area contributed by atoms with Gasteiger partial charge < -0.3 is 11.1 Å². The summed E-state index contributed by atoms with van der Waals surface area (Å²) in [5.41, 5.74) is 7.60. The van der Waals surface area contributed by atoms with Gasteiger partial charge in [0, 0.05) is 22.6 Å². The zero-order valence-electron chi connectivity index (χ0n) is 13.5. The first-order valence-corrected chi connectivity index (χ1v) is 8.26. The maximum Gasteiger partial charge on any atom is 0.272 e. The Bertz CT molecular complexity index is 1010. The van der Waals surface area contributed by atoms with Gasteiger partial charge in [0.15, 0.2) is 0 Å². The van der Waals surface area contributed by atoms with Crippen molar-refractivity contribution in [2.24, 2.45) is 17.6 Å². The molecule has 0 radical (unpaired) electrons. The highest BCUT2D eigenvalue weighted by molar-refractivity contribution is 5.97. The Morgan fingerprint density at radius 3 is 2.76 bits per heavy atom. The van der Waals surface area contributed by atoms with Crippen LogP contribution in [0.2, 0.25) is 0 Å². The lowest BCUT2D eigenvalue weighted by molar-refractivity contribution is -0.117. The monoisotopic (exact) mass is 334 g/mol. The van der Waals surface area contributed by atoms with Crippen LogP contribution in [-0.2, 0) is 4.79 Å². The van der Waals surface area contributed by atoms with Gasteiger partial charge >= 0.3 is 0 Å². The standard InChI is InChI=1S/C19H18N4O2/c20-10-12-9-16(12)18(24)21-13-5-3-4-11(8-13)17-14-6-1-2-7-15(14)19(25)23-22-17/h1-8,12,16H,9-10,20H2,(H,21,24)(H,23,25)/t12-,16+/m0/s1. The van der Waals surface area contributed by atoms with Crippen LogP contribution in [-0.4, -0.2) is 22.6 Å². The number of aromatic nitrogens is 2. The molecular formula is C19H18N4O2. The van der Waals surface area contributed by atoms with Crippen molar-refractivity contribution in [3.8, 4) is 11.3 Å². The molecule has 0 bridgehead atoms. The van der Waals surface area contributed by atoms with E-state index in [0.29, 0.717) is 29.2 Å². The second-order valence-corrected chi connectivity index (χ2v) is 6.35. The molecule has 4 rings (SSSR count). The van der Waals surface area contributed by atoms with Gasteiger partial charge in [-0.25, -0.2) is 5.10 Å². The maximum absolute atomic E-state index is 12.2. The molecular weight excluding hydrogens is 316 g/mol. The fourth-order valence-corrected chi connectivity index (χ4v) is 3.14. The van der Waals surface area contributed by atoms with Gasteiger partial charge in [-0.15, -0.1) is 0 Å². The molecule has 1 fully saturated rings. The molecule has 1 aliphatic carbocycles. The molecule has 0 unspecified atom stereocenters. The van der Waals surface area contributed by atoms with E-state index in [2.05, 4.69) is 15.5 Å². The van der Waals surface area contributed by atoms with E-state index in [4.69, 9.17) is 5.73 Å². The third-order valence-electron chi connectivity index (χ3n) is 4.66. The number of hydrogen-bond donors (Lipinski definition) is 3. The largest absolute Gasteiger partial charge is 0.330 e. The van der Waals surface area contributed by atoms with Gasteiger partial charge in [0.05, 0.1) is 11.1 Å². The van der Waals surface area contributed by atoms with Crippen LogP contribution in [0.5, 0.6) is 0 Å². The molecule has 1 aliphatic rings. The molecule has 1 aromatic heterocycles. The number of anilines is 1. The molecule has 1 saturated carbocycles. The van der Waals surface area contributed by atoms with Crippen molar-refractivity contribution in [1.82, 2.24) is 10.2 Å². The fraction of sp³-hybridized carbons (Fsp3) is 0.211. The van der Waals surface area contributed by atoms with E-state index in [1.807, 2.05) is 42.5 Å². The van der Waals surface area contributed by atoms with Crippen molar-refractivity contribution in [3.05, 3.63) is 58.9 Å². The quantitative estimate of drug-likeness (QED) is 0.680. The van der Waals surface area contributed by atoms with Crippen molar-refractivity contribution in [2.45, 2.75) is 6.42 Å². The summed E-state index contributed by atoms with van der Waals surface area (Å²) in [4.78, 5) is 24.1. The molecule has 6 heteroatoms. The van der Waals surface area contributed by atoms with E-state index in [0.717, 1.165) is 17.4 Å². The van der Waals surface area contributed by atoms with Crippen LogP contribution in [0.3, 0.4) is 0 Å². The van der Waals surface area contributed by atoms with E-state index in [-0.39, 0.29) is 17.4 Å². The van der Waals surface area contributed by atoms with Gasteiger partial charge in [0.25, 0.3) is 5.56 Å². The molecule has 1 amide bonds. The lowest BCUT2D eigenvalue weighted by atomic mass is 10.0. The van der Waals surface area contributed by atoms with Crippen molar-refractivity contribution >= 4 is 22.4 Å². The zero-order chi connectivity index (χ0) is 17.4. The lowest BCUT2D eigenvalue weighted by Gasteiger charge is -2.09. The SMILES string of the molecule is NC[C@@H]1C[C@H]1C(=O)Nc1cccc(-c2n[nH]c(=O)c3ccccc23)c1. The van der Waals surface area contributed by atoms with E-state index in [1.54, 1.807) is 6.07 Å². The number of H-pyrrole nitrogens is 1. The predicted molar refractivity (Wildman–Crippen MR) is 97.1 cm³/mol. The molecule has 25 heavy (non-hydrogen) atoms. The van der Waals surface area contributed by atoms with Gasteiger partial charge in [0.2, 0.25) is 5.91 Å². The van der Waals surface area contributed by atoms with Crippen LogP contribution < -0.4 is 16.6 Å². The number of benzene rings is 2. The molecule has 4 N–H and O–H groups in total. The topological polar surface area (TPSA) is 101 Å². The molecule has 2 atom stereocenters. The van der Waals surface area contributed by atoms with Crippen molar-refractivity contribution < 1.29 is 4.79 Å². The summed E-state index contributed by atoms with van der Waals surface area (Å²) in [6, 6.07) is 14.8. The minimum atomic E-state index is -0.217. The van der Waals surface area contributed by atoms with E-state index in [1.165, 1.54) is 0 Å². The van der Waals surface area contributed by atoms with Gasteiger partial charge in [-0.3, -0.25) is 9.59 Å². The van der Waals surface area contributed by atoms with Crippen LogP contribution >= 0.6 is 0 Å². The van der Waals surface area contributed by atoms with Gasteiger partial charge in [-0.05, 0) is 37.1 Å². The summed E-state index contributed by atoms with van der Waals surface area (Å²) < 4.78 is 0. The van der Waals surface area contributed by atoms with Crippen LogP contribution in [0.25, 0.3) is 22.0 Å². The number of rotatable bonds is 4. The Morgan fingerprint density at radius 1 is 1.20 bits per heavy atom. The van der Waals surface area contributed by atoms with Gasteiger partial charge in [0.1, 0.15) is 0 Å². The number of nitrogens with zero attached hydrogens (tertiary/aromatic N) is 1. The molecule has 3 aromatic rings. The third kappa shape index (κ3) is 2.92. The number of carbonyl (C=O) groups is 1. The molecule has 2 aromatic carbocycles. The predicted octanol–water partition coefficient (Wildman–Crippen LogP) is 2.12. The van der Waals surface area contributed by atoms with E-state index < -0.39 is 0 Å². The van der Waals surface area contributed by atoms with Gasteiger partial charge in [-0.2, -0.15) is 5.10 Å². The summed E-state index contributed by atoms with van der Waals surface area (Å²) in [5.74, 6) is 0.320. The zero-order valence-corrected chi connectivity index (χ0v) is 13.5. The highest BCUT2D eigenvalue weighted by Crippen LogP contribution is 2.38. The normalized spacial score (nSPS) is 18.9. The second kappa shape index (κ2) is 6.14. The average Bonchev–Trinajstić information content (AvgIpc) is 3.43. The first-order valence-electron chi connectivity index (χ1n) is 8.26. The molecule has 0 aliphatic heterocycles. The highest BCUT2D eigenvalue weighted by atomic mass is 16.2. The van der Waals surface area contributed by atoms with E-state index in [9.17, 15) is 9.59 Å². The van der Waals surface area contributed by atoms with Crippen LogP contribution in [0.4, 0.5) is 5.69 Å². The molecule has 0 spiro atoms. The Labute approximate surface area is 144 Å². The molecule has 0 saturated heterocycles. The summed E-state index contributed by atoms with van der Waals surface area (Å²) in [5, 5.41) is 11.0. The maximum atomic E-state index is 12.2. The van der Waals surface area contributed by atoms with Crippen molar-refractivity contribution in [3.63, 3.8) is 0 Å². The smallest absolute Gasteiger partial charge is 0.272 e. The van der Waals surface area contributed by atoms with Crippen LogP contribution in [0, 0.1) is 11.8 Å². The molecule has 1 heterocycles. The first kappa shape index (κ1) is 15.5. The Kier molecular flexibility index (Phi) is 3.82. The molecule has 6 nitrogen and oxygen atoms in total. The van der Waals surface area contributed by atoms with Crippen molar-refractivity contribution in [2.75, 3.05) is 11.9 Å². The fourth-order valence-electron chi connectivity index (χ4n) is 3.14. The van der Waals surface area contributed by atoms with Crippen LogP contribution in [0.15, 0.2) is 53.3 Å². The third-order valence-corrected chi connectivity index (χ3v) is 4.66. The minimum Gasteiger partial charge on any atom is -0.330 e. The number of nitrogens with one attached hydrogen (secondary N) is 2. The Hall–Kier alpha value is -2.99. The number of fused-ring (bicyclic) bond motifs is 1. The highest BCUT2D eigenvalue weighted by Gasteiger charge is 2.41. The lowest BCUT2D eigenvalue weighted by Crippen LogP contribution is -2.17. The Morgan fingerprint density at radius 2 is 2.00 bits per heavy atom. The van der Waals surface area contributed by atoms with Crippen molar-refractivity contribution in [1.29, 1.82) is 0 Å². The Balaban J connectivity index is 1.67. The minimum absolute atomic E-state index is 0.00638. The van der Waals surface area contributed by atoms with E-state index >= 15 is 0 Å². The second-order valence-electron chi connectivity index (χ2n) is 6.35. The average molecular weight is 334 g/mol. The summed E-state index contributed by atoms with van der Waals surface area (Å²) in [7, 11) is 0. The number of amides is 1. The number of aromatic amines is 1. The molecule has 126 valence electrons. The summed E-state index contributed by atoms with van der Waals surface area (Å²) >= 11 is 0. The van der Waals surface area contributed by atoms with Gasteiger partial charge in [-0.1, -0.05) is 30.3 Å². The van der Waals surface area contributed by atoms with Crippen LogP contribution in [0.1, 0.15) is 6.42 Å². The first-order chi connectivity index (χ1) is 12.2. The summed E-state index contributed by atoms with van der Waals surface area (Å²) in [6.45, 7) is 0.547. The number of carbonyl (C=O) groups excluding carboxylic acids is 1. The number of hydrogen-bond acceptors (Lipinski definition) is 4.